The molecule has 0 amide bonds. The van der Waals surface area contributed by atoms with Crippen molar-refractivity contribution in [2.45, 2.75) is 12.3 Å². The fraction of sp³-hybridized carbons (Fsp3) is 0.176. The molecule has 0 unspecified atom stereocenters. The van der Waals surface area contributed by atoms with Gasteiger partial charge in [-0.15, -0.1) is 0 Å². The average molecular weight is 404 g/mol. The molecular weight excluding hydrogens is 390 g/mol. The van der Waals surface area contributed by atoms with Crippen LogP contribution in [-0.4, -0.2) is 32.6 Å². The van der Waals surface area contributed by atoms with Gasteiger partial charge in [0, 0.05) is 29.0 Å². The third-order valence-electron chi connectivity index (χ3n) is 3.84. The van der Waals surface area contributed by atoms with Gasteiger partial charge in [0.05, 0.1) is 19.1 Å². The summed E-state index contributed by atoms with van der Waals surface area (Å²) in [4.78, 5) is 32.9. The van der Waals surface area contributed by atoms with Crippen molar-refractivity contribution in [3.05, 3.63) is 68.8 Å². The Bertz CT molecular complexity index is 988. The van der Waals surface area contributed by atoms with Gasteiger partial charge in [-0.3, -0.25) is 19.0 Å². The molecule has 7 nitrogen and oxygen atoms in total. The van der Waals surface area contributed by atoms with E-state index < -0.39 is 23.3 Å². The van der Waals surface area contributed by atoms with E-state index in [0.717, 1.165) is 0 Å². The van der Waals surface area contributed by atoms with Gasteiger partial charge in [-0.1, -0.05) is 6.07 Å². The number of hydrogen-bond acceptors (Lipinski definition) is 6. The minimum atomic E-state index is -0.725. The topological polar surface area (TPSA) is 93.8 Å². The van der Waals surface area contributed by atoms with Crippen molar-refractivity contribution >= 4 is 27.5 Å². The molecule has 0 aliphatic carbocycles. The second-order valence-corrected chi connectivity index (χ2v) is 6.26. The van der Waals surface area contributed by atoms with Crippen LogP contribution in [0.5, 0.6) is 5.88 Å². The van der Waals surface area contributed by atoms with E-state index >= 15 is 0 Å². The lowest BCUT2D eigenvalue weighted by Gasteiger charge is -2.17. The Kier molecular flexibility index (Phi) is 4.80. The molecule has 0 radical (unpaired) electrons. The Morgan fingerprint density at radius 2 is 2.20 bits per heavy atom. The summed E-state index contributed by atoms with van der Waals surface area (Å²) in [5.41, 5.74) is 0.477. The highest BCUT2D eigenvalue weighted by atomic mass is 79.9. The van der Waals surface area contributed by atoms with Crippen LogP contribution >= 0.6 is 15.9 Å². The van der Waals surface area contributed by atoms with Crippen LogP contribution in [0.25, 0.3) is 5.65 Å². The van der Waals surface area contributed by atoms with Gasteiger partial charge in [-0.2, -0.15) is 4.98 Å². The number of hydrogen-bond donors (Lipinski definition) is 1. The molecule has 8 heteroatoms. The molecule has 1 atom stereocenters. The van der Waals surface area contributed by atoms with E-state index in [1.165, 1.54) is 11.5 Å². The van der Waals surface area contributed by atoms with Gasteiger partial charge in [0.2, 0.25) is 5.88 Å². The summed E-state index contributed by atoms with van der Waals surface area (Å²) in [6, 6.07) is 6.75. The van der Waals surface area contributed by atoms with Crippen LogP contribution < -0.4 is 5.56 Å². The zero-order valence-electron chi connectivity index (χ0n) is 13.2. The van der Waals surface area contributed by atoms with Gasteiger partial charge in [0.1, 0.15) is 5.65 Å². The predicted octanol–water partition coefficient (Wildman–Crippen LogP) is 2.25. The Morgan fingerprint density at radius 1 is 1.40 bits per heavy atom. The van der Waals surface area contributed by atoms with Gasteiger partial charge in [0.15, 0.2) is 0 Å². The zero-order chi connectivity index (χ0) is 18.0. The van der Waals surface area contributed by atoms with Crippen LogP contribution in [0.15, 0.2) is 52.1 Å². The summed E-state index contributed by atoms with van der Waals surface area (Å²) in [5, 5.41) is 10.4. The normalized spacial score (nSPS) is 12.1. The highest BCUT2D eigenvalue weighted by molar-refractivity contribution is 9.10. The minimum Gasteiger partial charge on any atom is -0.493 e. The van der Waals surface area contributed by atoms with E-state index in [4.69, 9.17) is 4.74 Å². The molecule has 0 saturated heterocycles. The molecule has 3 heterocycles. The van der Waals surface area contributed by atoms with E-state index in [1.807, 2.05) is 0 Å². The first-order valence-electron chi connectivity index (χ1n) is 7.38. The number of aromatic hydroxyl groups is 1. The molecule has 25 heavy (non-hydrogen) atoms. The summed E-state index contributed by atoms with van der Waals surface area (Å²) in [6.45, 7) is 0. The Balaban J connectivity index is 2.25. The van der Waals surface area contributed by atoms with Crippen molar-refractivity contribution in [3.8, 4) is 5.88 Å². The number of pyridine rings is 2. The van der Waals surface area contributed by atoms with Gasteiger partial charge in [-0.05, 0) is 39.7 Å². The number of carbonyl (C=O) groups excluding carboxylic acids is 1. The molecule has 0 aliphatic heterocycles. The van der Waals surface area contributed by atoms with E-state index in [-0.39, 0.29) is 12.0 Å². The van der Waals surface area contributed by atoms with Gasteiger partial charge < -0.3 is 9.84 Å². The van der Waals surface area contributed by atoms with Crippen molar-refractivity contribution in [2.24, 2.45) is 0 Å². The maximum Gasteiger partial charge on any atom is 0.306 e. The summed E-state index contributed by atoms with van der Waals surface area (Å²) < 4.78 is 6.74. The summed E-state index contributed by atoms with van der Waals surface area (Å²) in [6.07, 6.45) is 4.57. The van der Waals surface area contributed by atoms with Crippen molar-refractivity contribution in [3.63, 3.8) is 0 Å². The lowest BCUT2D eigenvalue weighted by molar-refractivity contribution is -0.140. The molecule has 3 aromatic rings. The third kappa shape index (κ3) is 3.39. The van der Waals surface area contributed by atoms with Gasteiger partial charge in [-0.25, -0.2) is 0 Å². The highest BCUT2D eigenvalue weighted by Gasteiger charge is 2.27. The standard InChI is InChI=1S/C17H14BrN3O4/c1-25-14(22)7-12(10-3-2-6-19-8-10)15-16(23)20-13-5-4-11(18)9-21(13)17(15)24/h2-6,8-9,12,23H,7H2,1H3/t12-/m1/s1. The molecule has 0 aliphatic rings. The number of nitrogens with zero attached hydrogens (tertiary/aromatic N) is 3. The first kappa shape index (κ1) is 17.1. The molecule has 0 fully saturated rings. The smallest absolute Gasteiger partial charge is 0.306 e. The number of methoxy groups -OCH3 is 1. The molecule has 0 aromatic carbocycles. The van der Waals surface area contributed by atoms with Crippen molar-refractivity contribution in [2.75, 3.05) is 7.11 Å². The molecule has 128 valence electrons. The maximum absolute atomic E-state index is 13.0. The van der Waals surface area contributed by atoms with Crippen molar-refractivity contribution in [1.82, 2.24) is 14.4 Å². The van der Waals surface area contributed by atoms with Crippen LogP contribution in [0.4, 0.5) is 0 Å². The van der Waals surface area contributed by atoms with Crippen molar-refractivity contribution in [1.29, 1.82) is 0 Å². The fourth-order valence-corrected chi connectivity index (χ4v) is 2.98. The highest BCUT2D eigenvalue weighted by Crippen LogP contribution is 2.30. The Morgan fingerprint density at radius 3 is 2.88 bits per heavy atom. The fourth-order valence-electron chi connectivity index (χ4n) is 2.64. The number of ether oxygens (including phenoxy) is 1. The predicted molar refractivity (Wildman–Crippen MR) is 93.5 cm³/mol. The number of esters is 1. The second-order valence-electron chi connectivity index (χ2n) is 5.35. The molecule has 3 aromatic heterocycles. The van der Waals surface area contributed by atoms with Crippen LogP contribution in [0.3, 0.4) is 0 Å². The van der Waals surface area contributed by atoms with Crippen LogP contribution in [0.1, 0.15) is 23.5 Å². The minimum absolute atomic E-state index is 0.0222. The molecule has 1 N–H and O–H groups in total. The van der Waals surface area contributed by atoms with Crippen LogP contribution in [0.2, 0.25) is 0 Å². The maximum atomic E-state index is 13.0. The third-order valence-corrected chi connectivity index (χ3v) is 4.30. The number of fused-ring (bicyclic) bond motifs is 1. The van der Waals surface area contributed by atoms with Gasteiger partial charge in [0.25, 0.3) is 5.56 Å². The van der Waals surface area contributed by atoms with Crippen LogP contribution in [-0.2, 0) is 9.53 Å². The van der Waals surface area contributed by atoms with E-state index in [0.29, 0.717) is 15.7 Å². The first-order chi connectivity index (χ1) is 12.0. The number of carbonyl (C=O) groups is 1. The van der Waals surface area contributed by atoms with Gasteiger partial charge >= 0.3 is 5.97 Å². The first-order valence-corrected chi connectivity index (χ1v) is 8.18. The number of aromatic nitrogens is 3. The summed E-state index contributed by atoms with van der Waals surface area (Å²) in [5.74, 6) is -1.64. The quantitative estimate of drug-likeness (QED) is 0.671. The summed E-state index contributed by atoms with van der Waals surface area (Å²) in [7, 11) is 1.27. The number of halogens is 1. The average Bonchev–Trinajstić information content (AvgIpc) is 2.62. The lowest BCUT2D eigenvalue weighted by atomic mass is 9.90. The summed E-state index contributed by atoms with van der Waals surface area (Å²) >= 11 is 3.31. The zero-order valence-corrected chi connectivity index (χ0v) is 14.8. The molecule has 0 bridgehead atoms. The SMILES string of the molecule is COC(=O)C[C@H](c1cccnc1)c1c(O)nc2ccc(Br)cn2c1=O. The molecule has 3 rings (SSSR count). The monoisotopic (exact) mass is 403 g/mol. The van der Waals surface area contributed by atoms with Crippen molar-refractivity contribution < 1.29 is 14.6 Å². The number of rotatable bonds is 4. The molecule has 0 spiro atoms. The molecule has 0 saturated carbocycles. The lowest BCUT2D eigenvalue weighted by Crippen LogP contribution is -2.24. The Labute approximate surface area is 151 Å². The van der Waals surface area contributed by atoms with E-state index in [1.54, 1.807) is 42.9 Å². The van der Waals surface area contributed by atoms with E-state index in [2.05, 4.69) is 25.9 Å². The second kappa shape index (κ2) is 7.02. The largest absolute Gasteiger partial charge is 0.493 e. The molecular formula is C17H14BrN3O4. The van der Waals surface area contributed by atoms with Crippen LogP contribution in [0, 0.1) is 0 Å². The Hall–Kier alpha value is -2.74. The van der Waals surface area contributed by atoms with E-state index in [9.17, 15) is 14.7 Å².